The van der Waals surface area contributed by atoms with Crippen molar-refractivity contribution in [1.82, 2.24) is 4.72 Å². The molecule has 1 atom stereocenters. The fourth-order valence-corrected chi connectivity index (χ4v) is 4.31. The molecule has 0 spiro atoms. The molecule has 176 valence electrons. The van der Waals surface area contributed by atoms with Gasteiger partial charge in [0.2, 0.25) is 10.0 Å². The molecular weight excluding hydrogens is 454 g/mol. The number of ether oxygens (including phenoxy) is 1. The van der Waals surface area contributed by atoms with Crippen molar-refractivity contribution in [2.45, 2.75) is 24.3 Å². The number of benzene rings is 3. The predicted molar refractivity (Wildman–Crippen MR) is 128 cm³/mol. The number of aliphatic carboxylic acids is 1. The van der Waals surface area contributed by atoms with Crippen LogP contribution in [0.25, 0.3) is 0 Å². The first kappa shape index (κ1) is 24.8. The van der Waals surface area contributed by atoms with E-state index in [-0.39, 0.29) is 18.0 Å². The van der Waals surface area contributed by atoms with Crippen molar-refractivity contribution < 1.29 is 23.1 Å². The Morgan fingerprint density at radius 3 is 2.41 bits per heavy atom. The molecule has 0 heterocycles. The minimum Gasteiger partial charge on any atom is -0.492 e. The summed E-state index contributed by atoms with van der Waals surface area (Å²) in [6.45, 7) is 1.97. The lowest BCUT2D eigenvalue weighted by molar-refractivity contribution is -0.138. The van der Waals surface area contributed by atoms with Crippen molar-refractivity contribution in [3.63, 3.8) is 0 Å². The van der Waals surface area contributed by atoms with Crippen molar-refractivity contribution in [2.24, 2.45) is 0 Å². The number of carboxylic acid groups (broad SMARTS) is 1. The van der Waals surface area contributed by atoms with Gasteiger partial charge in [-0.05, 0) is 60.5 Å². The number of sulfonamides is 1. The summed E-state index contributed by atoms with van der Waals surface area (Å²) >= 11 is 0. The summed E-state index contributed by atoms with van der Waals surface area (Å²) in [5.41, 5.74) is 2.35. The summed E-state index contributed by atoms with van der Waals surface area (Å²) < 4.78 is 33.0. The summed E-state index contributed by atoms with van der Waals surface area (Å²) in [7, 11) is -3.67. The molecule has 3 aromatic rings. The highest BCUT2D eigenvalue weighted by molar-refractivity contribution is 7.89. The van der Waals surface area contributed by atoms with E-state index in [1.165, 1.54) is 12.1 Å². The monoisotopic (exact) mass is 479 g/mol. The largest absolute Gasteiger partial charge is 0.492 e. The number of nitriles is 1. The molecule has 0 aliphatic heterocycles. The van der Waals surface area contributed by atoms with Gasteiger partial charge < -0.3 is 15.2 Å². The molecule has 0 amide bonds. The summed E-state index contributed by atoms with van der Waals surface area (Å²) in [6.07, 6.45) is 0.702. The third-order valence-electron chi connectivity index (χ3n) is 5.07. The Kier molecular flexibility index (Phi) is 8.24. The van der Waals surface area contributed by atoms with Crippen LogP contribution in [0.1, 0.15) is 29.7 Å². The molecule has 0 fully saturated rings. The molecule has 1 unspecified atom stereocenters. The van der Waals surface area contributed by atoms with Crippen LogP contribution in [0.15, 0.2) is 77.7 Å². The number of anilines is 1. The molecular formula is C25H25N3O5S. The Hall–Kier alpha value is -3.87. The Morgan fingerprint density at radius 2 is 1.79 bits per heavy atom. The van der Waals surface area contributed by atoms with E-state index < -0.39 is 22.0 Å². The number of carboxylic acids is 1. The first-order chi connectivity index (χ1) is 16.3. The molecule has 0 saturated carbocycles. The second-order valence-electron chi connectivity index (χ2n) is 7.39. The van der Waals surface area contributed by atoms with Crippen LogP contribution in [0.4, 0.5) is 5.69 Å². The average Bonchev–Trinajstić information content (AvgIpc) is 2.86. The molecule has 9 heteroatoms. The van der Waals surface area contributed by atoms with E-state index in [2.05, 4.69) is 10.0 Å². The van der Waals surface area contributed by atoms with Crippen molar-refractivity contribution in [2.75, 3.05) is 18.5 Å². The summed E-state index contributed by atoms with van der Waals surface area (Å²) in [4.78, 5) is 12.3. The minimum absolute atomic E-state index is 0.00693. The maximum atomic E-state index is 12.4. The van der Waals surface area contributed by atoms with Gasteiger partial charge in [0.05, 0.1) is 16.5 Å². The van der Waals surface area contributed by atoms with Crippen LogP contribution >= 0.6 is 0 Å². The number of rotatable bonds is 11. The standard InChI is InChI=1S/C25H25N3O5S/c1-2-18-10-13-23(33-15-14-27-34(31,32)21-6-4-3-5-7-21)22(16-18)24(25(29)30)28-20-11-8-19(17-26)9-12-20/h3-13,16,24,27-28H,2,14-15H2,1H3,(H,29,30). The molecule has 8 nitrogen and oxygen atoms in total. The number of nitrogens with zero attached hydrogens (tertiary/aromatic N) is 1. The van der Waals surface area contributed by atoms with Gasteiger partial charge in [0.15, 0.2) is 6.04 Å². The van der Waals surface area contributed by atoms with E-state index in [1.807, 2.05) is 19.1 Å². The van der Waals surface area contributed by atoms with Gasteiger partial charge >= 0.3 is 5.97 Å². The van der Waals surface area contributed by atoms with E-state index >= 15 is 0 Å². The third-order valence-corrected chi connectivity index (χ3v) is 6.55. The second kappa shape index (κ2) is 11.3. The molecule has 0 bridgehead atoms. The van der Waals surface area contributed by atoms with Crippen molar-refractivity contribution >= 4 is 21.7 Å². The SMILES string of the molecule is CCc1ccc(OCCNS(=O)(=O)c2ccccc2)c(C(Nc2ccc(C#N)cc2)C(=O)O)c1. The lowest BCUT2D eigenvalue weighted by Gasteiger charge is -2.21. The Balaban J connectivity index is 1.76. The highest BCUT2D eigenvalue weighted by atomic mass is 32.2. The lowest BCUT2D eigenvalue weighted by Crippen LogP contribution is -2.28. The van der Waals surface area contributed by atoms with E-state index in [0.717, 1.165) is 5.56 Å². The normalized spacial score (nSPS) is 11.9. The molecule has 34 heavy (non-hydrogen) atoms. The van der Waals surface area contributed by atoms with Gasteiger partial charge in [0.1, 0.15) is 12.4 Å². The van der Waals surface area contributed by atoms with E-state index in [4.69, 9.17) is 10.00 Å². The van der Waals surface area contributed by atoms with Crippen LogP contribution in [-0.4, -0.2) is 32.6 Å². The quantitative estimate of drug-likeness (QED) is 0.358. The highest BCUT2D eigenvalue weighted by Crippen LogP contribution is 2.30. The number of nitrogens with one attached hydrogen (secondary N) is 2. The fraction of sp³-hybridized carbons (Fsp3) is 0.200. The van der Waals surface area contributed by atoms with Gasteiger partial charge in [0.25, 0.3) is 0 Å². The van der Waals surface area contributed by atoms with Gasteiger partial charge in [-0.1, -0.05) is 31.2 Å². The molecule has 0 radical (unpaired) electrons. The lowest BCUT2D eigenvalue weighted by atomic mass is 10.0. The third kappa shape index (κ3) is 6.34. The van der Waals surface area contributed by atoms with Gasteiger partial charge in [-0.2, -0.15) is 5.26 Å². The Labute approximate surface area is 198 Å². The Morgan fingerprint density at radius 1 is 1.09 bits per heavy atom. The maximum Gasteiger partial charge on any atom is 0.330 e. The van der Waals surface area contributed by atoms with Crippen molar-refractivity contribution in [3.05, 3.63) is 89.5 Å². The minimum atomic E-state index is -3.67. The highest BCUT2D eigenvalue weighted by Gasteiger charge is 2.24. The summed E-state index contributed by atoms with van der Waals surface area (Å²) in [5.74, 6) is -0.767. The van der Waals surface area contributed by atoms with Crippen molar-refractivity contribution in [3.8, 4) is 11.8 Å². The molecule has 0 saturated heterocycles. The zero-order valence-electron chi connectivity index (χ0n) is 18.6. The molecule has 0 aromatic heterocycles. The molecule has 0 aliphatic rings. The number of hydrogen-bond acceptors (Lipinski definition) is 6. The van der Waals surface area contributed by atoms with Crippen LogP contribution in [-0.2, 0) is 21.2 Å². The average molecular weight is 480 g/mol. The van der Waals surface area contributed by atoms with E-state index in [9.17, 15) is 18.3 Å². The van der Waals surface area contributed by atoms with E-state index in [0.29, 0.717) is 29.0 Å². The second-order valence-corrected chi connectivity index (χ2v) is 9.16. The maximum absolute atomic E-state index is 12.4. The van der Waals surface area contributed by atoms with Gasteiger partial charge in [0, 0.05) is 17.8 Å². The zero-order chi connectivity index (χ0) is 24.6. The molecule has 3 rings (SSSR count). The van der Waals surface area contributed by atoms with Gasteiger partial charge in [-0.15, -0.1) is 0 Å². The van der Waals surface area contributed by atoms with Crippen LogP contribution in [0.5, 0.6) is 5.75 Å². The Bertz CT molecular complexity index is 1270. The van der Waals surface area contributed by atoms with Gasteiger partial charge in [-0.25, -0.2) is 17.9 Å². The van der Waals surface area contributed by atoms with E-state index in [1.54, 1.807) is 54.6 Å². The summed E-state index contributed by atoms with van der Waals surface area (Å²) in [6, 6.07) is 20.7. The zero-order valence-corrected chi connectivity index (χ0v) is 19.4. The number of aryl methyl sites for hydroxylation is 1. The van der Waals surface area contributed by atoms with Crippen LogP contribution in [0, 0.1) is 11.3 Å². The topological polar surface area (TPSA) is 129 Å². The number of carbonyl (C=O) groups is 1. The van der Waals surface area contributed by atoms with Gasteiger partial charge in [-0.3, -0.25) is 0 Å². The molecule has 0 aliphatic carbocycles. The van der Waals surface area contributed by atoms with Crippen LogP contribution in [0.2, 0.25) is 0 Å². The summed E-state index contributed by atoms with van der Waals surface area (Å²) in [5, 5.41) is 21.9. The predicted octanol–water partition coefficient (Wildman–Crippen LogP) is 3.72. The first-order valence-electron chi connectivity index (χ1n) is 10.6. The number of hydrogen-bond donors (Lipinski definition) is 3. The van der Waals surface area contributed by atoms with Crippen LogP contribution in [0.3, 0.4) is 0 Å². The molecule has 3 aromatic carbocycles. The van der Waals surface area contributed by atoms with Crippen LogP contribution < -0.4 is 14.8 Å². The smallest absolute Gasteiger partial charge is 0.330 e. The first-order valence-corrected chi connectivity index (χ1v) is 12.1. The fourth-order valence-electron chi connectivity index (χ4n) is 3.28. The molecule has 3 N–H and O–H groups in total. The van der Waals surface area contributed by atoms with Crippen molar-refractivity contribution in [1.29, 1.82) is 5.26 Å².